The first kappa shape index (κ1) is 21.7. The summed E-state index contributed by atoms with van der Waals surface area (Å²) < 4.78 is 0. The average molecular weight is 444 g/mol. The Balaban J connectivity index is 1.36. The number of carbonyl (C=O) groups is 1. The van der Waals surface area contributed by atoms with E-state index in [9.17, 15) is 4.79 Å². The second-order valence-electron chi connectivity index (χ2n) is 7.99. The van der Waals surface area contributed by atoms with E-state index in [0.717, 1.165) is 61.1 Å². The molecule has 0 bridgehead atoms. The minimum absolute atomic E-state index is 0.00456. The normalized spacial score (nSPS) is 19.7. The van der Waals surface area contributed by atoms with Crippen LogP contribution in [-0.2, 0) is 4.84 Å². The van der Waals surface area contributed by atoms with E-state index >= 15 is 0 Å². The summed E-state index contributed by atoms with van der Waals surface area (Å²) in [5.41, 5.74) is 6.10. The summed E-state index contributed by atoms with van der Waals surface area (Å²) in [6.07, 6.45) is 8.02. The molecule has 2 amide bonds. The van der Waals surface area contributed by atoms with Crippen molar-refractivity contribution in [2.75, 3.05) is 37.7 Å². The van der Waals surface area contributed by atoms with Crippen molar-refractivity contribution in [1.82, 2.24) is 20.7 Å². The van der Waals surface area contributed by atoms with Gasteiger partial charge in [0.15, 0.2) is 0 Å². The molecule has 2 N–H and O–H groups in total. The Hall–Kier alpha value is -2.51. The van der Waals surface area contributed by atoms with Gasteiger partial charge in [-0.25, -0.2) is 4.79 Å². The summed E-state index contributed by atoms with van der Waals surface area (Å²) >= 11 is 6.12. The number of anilines is 1. The fourth-order valence-electron chi connectivity index (χ4n) is 4.24. The van der Waals surface area contributed by atoms with Gasteiger partial charge in [0.05, 0.1) is 18.2 Å². The number of urea groups is 1. The summed E-state index contributed by atoms with van der Waals surface area (Å²) in [6.45, 7) is 5.50. The number of hydrogen-bond donors (Lipinski definition) is 2. The Morgan fingerprint density at radius 3 is 2.87 bits per heavy atom. The van der Waals surface area contributed by atoms with E-state index < -0.39 is 0 Å². The first-order valence-corrected chi connectivity index (χ1v) is 11.4. The molecular formula is C23H30ClN5O2. The highest BCUT2D eigenvalue weighted by molar-refractivity contribution is 6.31. The zero-order valence-corrected chi connectivity index (χ0v) is 18.7. The summed E-state index contributed by atoms with van der Waals surface area (Å²) in [7, 11) is 0. The Kier molecular flexibility index (Phi) is 7.14. The van der Waals surface area contributed by atoms with Crippen LogP contribution in [0.5, 0.6) is 0 Å². The number of pyridine rings is 1. The van der Waals surface area contributed by atoms with Gasteiger partial charge in [0.1, 0.15) is 0 Å². The number of hydrogen-bond acceptors (Lipinski definition) is 5. The molecule has 1 saturated heterocycles. The monoisotopic (exact) mass is 443 g/mol. The standard InChI is InChI=1S/C23H30ClN5O2/c1-2-31-27-19-6-4-3-5-18(16-19)26-23(30)29-13-11-28(12-14-29)22-9-10-25-21-15-17(24)7-8-20(21)22/h7-10,15-16,18,27H,2-6,11-14H2,1H3,(H,26,30). The molecule has 1 fully saturated rings. The lowest BCUT2D eigenvalue weighted by Crippen LogP contribution is -2.53. The van der Waals surface area contributed by atoms with Crippen molar-refractivity contribution in [1.29, 1.82) is 0 Å². The van der Waals surface area contributed by atoms with Crippen molar-refractivity contribution >= 4 is 34.2 Å². The zero-order valence-electron chi connectivity index (χ0n) is 17.9. The minimum atomic E-state index is 0.00456. The number of benzene rings is 1. The van der Waals surface area contributed by atoms with Crippen molar-refractivity contribution in [3.05, 3.63) is 47.3 Å². The quantitative estimate of drug-likeness (QED) is 0.681. The van der Waals surface area contributed by atoms with Crippen LogP contribution < -0.4 is 15.7 Å². The lowest BCUT2D eigenvalue weighted by Gasteiger charge is -2.37. The molecule has 0 radical (unpaired) electrons. The number of nitrogens with zero attached hydrogens (tertiary/aromatic N) is 3. The Morgan fingerprint density at radius 2 is 2.06 bits per heavy atom. The van der Waals surface area contributed by atoms with Gasteiger partial charge in [-0.3, -0.25) is 15.3 Å². The topological polar surface area (TPSA) is 69.7 Å². The Morgan fingerprint density at radius 1 is 1.23 bits per heavy atom. The van der Waals surface area contributed by atoms with Crippen LogP contribution in [0.25, 0.3) is 10.9 Å². The van der Waals surface area contributed by atoms with Crippen molar-refractivity contribution in [3.63, 3.8) is 0 Å². The van der Waals surface area contributed by atoms with E-state index in [2.05, 4.69) is 26.8 Å². The van der Waals surface area contributed by atoms with Gasteiger partial charge in [-0.15, -0.1) is 0 Å². The summed E-state index contributed by atoms with van der Waals surface area (Å²) in [4.78, 5) is 26.9. The molecule has 2 aromatic rings. The molecule has 7 nitrogen and oxygen atoms in total. The van der Waals surface area contributed by atoms with E-state index in [1.54, 1.807) is 0 Å². The van der Waals surface area contributed by atoms with Crippen molar-refractivity contribution < 1.29 is 9.63 Å². The van der Waals surface area contributed by atoms with Gasteiger partial charge in [-0.2, -0.15) is 0 Å². The van der Waals surface area contributed by atoms with Crippen LogP contribution in [0.3, 0.4) is 0 Å². The number of halogens is 1. The fourth-order valence-corrected chi connectivity index (χ4v) is 4.40. The maximum Gasteiger partial charge on any atom is 0.317 e. The second-order valence-corrected chi connectivity index (χ2v) is 8.43. The predicted octanol–water partition coefficient (Wildman–Crippen LogP) is 4.09. The van der Waals surface area contributed by atoms with Crippen LogP contribution in [0.4, 0.5) is 10.5 Å². The molecular weight excluding hydrogens is 414 g/mol. The predicted molar refractivity (Wildman–Crippen MR) is 124 cm³/mol. The fraction of sp³-hybridized carbons (Fsp3) is 0.478. The minimum Gasteiger partial charge on any atom is -0.367 e. The second kappa shape index (κ2) is 10.2. The lowest BCUT2D eigenvalue weighted by atomic mass is 10.1. The van der Waals surface area contributed by atoms with E-state index in [1.807, 2.05) is 42.3 Å². The number of hydroxylamine groups is 1. The molecule has 1 aromatic carbocycles. The van der Waals surface area contributed by atoms with Gasteiger partial charge in [0.2, 0.25) is 0 Å². The molecule has 1 unspecified atom stereocenters. The largest absolute Gasteiger partial charge is 0.367 e. The number of piperazine rings is 1. The molecule has 1 aromatic heterocycles. The van der Waals surface area contributed by atoms with E-state index in [-0.39, 0.29) is 12.1 Å². The van der Waals surface area contributed by atoms with Crippen LogP contribution in [0.2, 0.25) is 5.02 Å². The molecule has 1 atom stereocenters. The maximum atomic E-state index is 12.9. The maximum absolute atomic E-state index is 12.9. The van der Waals surface area contributed by atoms with Crippen LogP contribution in [0, 0.1) is 0 Å². The summed E-state index contributed by atoms with van der Waals surface area (Å²) in [5, 5.41) is 4.97. The van der Waals surface area contributed by atoms with Gasteiger partial charge in [-0.05, 0) is 56.5 Å². The smallest absolute Gasteiger partial charge is 0.317 e. The van der Waals surface area contributed by atoms with E-state index in [0.29, 0.717) is 24.7 Å². The van der Waals surface area contributed by atoms with E-state index in [1.165, 1.54) is 0 Å². The third-order valence-electron chi connectivity index (χ3n) is 5.86. The molecule has 1 aliphatic heterocycles. The third kappa shape index (κ3) is 5.40. The Labute approximate surface area is 188 Å². The molecule has 2 heterocycles. The van der Waals surface area contributed by atoms with Gasteiger partial charge in [0.25, 0.3) is 0 Å². The van der Waals surface area contributed by atoms with Crippen molar-refractivity contribution in [2.45, 2.75) is 38.6 Å². The SMILES string of the molecule is CCONC1=CC(NC(=O)N2CCN(c3ccnc4cc(Cl)ccc34)CC2)CCCC1. The average Bonchev–Trinajstić information content (AvgIpc) is 3.02. The Bertz CT molecular complexity index is 943. The highest BCUT2D eigenvalue weighted by atomic mass is 35.5. The number of aromatic nitrogens is 1. The molecule has 31 heavy (non-hydrogen) atoms. The van der Waals surface area contributed by atoms with Gasteiger partial charge < -0.3 is 15.1 Å². The lowest BCUT2D eigenvalue weighted by molar-refractivity contribution is 0.0708. The summed E-state index contributed by atoms with van der Waals surface area (Å²) in [5.74, 6) is 0. The first-order chi connectivity index (χ1) is 15.1. The third-order valence-corrected chi connectivity index (χ3v) is 6.09. The van der Waals surface area contributed by atoms with Crippen molar-refractivity contribution in [3.8, 4) is 0 Å². The highest BCUT2D eigenvalue weighted by Gasteiger charge is 2.24. The van der Waals surface area contributed by atoms with Crippen LogP contribution in [-0.4, -0.2) is 54.7 Å². The number of amides is 2. The number of carbonyl (C=O) groups excluding carboxylic acids is 1. The summed E-state index contributed by atoms with van der Waals surface area (Å²) in [6, 6.07) is 7.88. The number of allylic oxidation sites excluding steroid dienone is 1. The van der Waals surface area contributed by atoms with Crippen LogP contribution >= 0.6 is 11.6 Å². The molecule has 1 aliphatic carbocycles. The first-order valence-electron chi connectivity index (χ1n) is 11.1. The van der Waals surface area contributed by atoms with Crippen LogP contribution in [0.1, 0.15) is 32.6 Å². The van der Waals surface area contributed by atoms with Gasteiger partial charge in [-0.1, -0.05) is 18.0 Å². The molecule has 8 heteroatoms. The molecule has 0 saturated carbocycles. The molecule has 0 spiro atoms. The zero-order chi connectivity index (χ0) is 21.6. The van der Waals surface area contributed by atoms with Crippen LogP contribution in [0.15, 0.2) is 42.2 Å². The molecule has 4 rings (SSSR count). The number of nitrogens with one attached hydrogen (secondary N) is 2. The van der Waals surface area contributed by atoms with Crippen molar-refractivity contribution in [2.24, 2.45) is 0 Å². The number of fused-ring (bicyclic) bond motifs is 1. The molecule has 2 aliphatic rings. The highest BCUT2D eigenvalue weighted by Crippen LogP contribution is 2.28. The number of rotatable bonds is 5. The van der Waals surface area contributed by atoms with E-state index in [4.69, 9.17) is 16.4 Å². The van der Waals surface area contributed by atoms with Gasteiger partial charge in [0, 0.05) is 54.2 Å². The van der Waals surface area contributed by atoms with Gasteiger partial charge >= 0.3 is 6.03 Å². The molecule has 166 valence electrons.